The Morgan fingerprint density at radius 2 is 2.08 bits per heavy atom. The molecule has 3 rings (SSSR count). The van der Waals surface area contributed by atoms with E-state index in [9.17, 15) is 4.79 Å². The molecule has 1 aromatic heterocycles. The van der Waals surface area contributed by atoms with Crippen LogP contribution in [-0.4, -0.2) is 35.4 Å². The van der Waals surface area contributed by atoms with E-state index in [1.807, 2.05) is 26.1 Å². The lowest BCUT2D eigenvalue weighted by Crippen LogP contribution is -2.45. The van der Waals surface area contributed by atoms with Crippen molar-refractivity contribution in [2.75, 3.05) is 13.6 Å². The molecule has 2 heterocycles. The number of fused-ring (bicyclic) bond motifs is 1. The van der Waals surface area contributed by atoms with Gasteiger partial charge in [0.05, 0.1) is 11.2 Å². The third-order valence-corrected chi connectivity index (χ3v) is 5.41. The van der Waals surface area contributed by atoms with Crippen molar-refractivity contribution >= 4 is 16.7 Å². The number of aromatic nitrogens is 1. The highest BCUT2D eigenvalue weighted by molar-refractivity contribution is 5.88. The van der Waals surface area contributed by atoms with Crippen molar-refractivity contribution in [2.24, 2.45) is 0 Å². The number of hydrogen-bond donors (Lipinski definition) is 1. The van der Waals surface area contributed by atoms with Crippen LogP contribution in [0.15, 0.2) is 30.5 Å². The van der Waals surface area contributed by atoms with E-state index in [-0.39, 0.29) is 5.91 Å². The van der Waals surface area contributed by atoms with E-state index in [0.29, 0.717) is 12.5 Å². The molecule has 2 aromatic rings. The summed E-state index contributed by atoms with van der Waals surface area (Å²) in [6, 6.07) is 8.65. The third kappa shape index (κ3) is 3.84. The fraction of sp³-hybridized carbons (Fsp3) is 0.524. The summed E-state index contributed by atoms with van der Waals surface area (Å²) >= 11 is 0. The summed E-state index contributed by atoms with van der Waals surface area (Å²) in [5, 5.41) is 5.53. The first kappa shape index (κ1) is 17.9. The van der Waals surface area contributed by atoms with Gasteiger partial charge < -0.3 is 10.2 Å². The van der Waals surface area contributed by atoms with Gasteiger partial charge in [0.15, 0.2) is 0 Å². The molecule has 0 spiro atoms. The molecule has 25 heavy (non-hydrogen) atoms. The summed E-state index contributed by atoms with van der Waals surface area (Å²) in [5.74, 6) is 0.107. The SMILES string of the molecule is Cc1cccc2c(C(C)(C)NC(=O)CC3CCCCN3C)nccc12. The number of nitrogens with one attached hydrogen (secondary N) is 1. The van der Waals surface area contributed by atoms with Crippen LogP contribution in [0.2, 0.25) is 0 Å². The summed E-state index contributed by atoms with van der Waals surface area (Å²) < 4.78 is 0. The maximum atomic E-state index is 12.7. The Bertz CT molecular complexity index is 769. The van der Waals surface area contributed by atoms with E-state index in [1.54, 1.807) is 0 Å². The molecule has 1 atom stereocenters. The van der Waals surface area contributed by atoms with Crippen LogP contribution in [0.4, 0.5) is 0 Å². The first-order valence-corrected chi connectivity index (χ1v) is 9.24. The Morgan fingerprint density at radius 3 is 2.84 bits per heavy atom. The molecule has 0 radical (unpaired) electrons. The average molecular weight is 339 g/mol. The zero-order valence-corrected chi connectivity index (χ0v) is 15.8. The van der Waals surface area contributed by atoms with Crippen molar-refractivity contribution in [3.8, 4) is 0 Å². The largest absolute Gasteiger partial charge is 0.346 e. The lowest BCUT2D eigenvalue weighted by molar-refractivity contribution is -0.124. The molecular weight excluding hydrogens is 310 g/mol. The van der Waals surface area contributed by atoms with Gasteiger partial charge in [0, 0.05) is 24.0 Å². The van der Waals surface area contributed by atoms with Crippen molar-refractivity contribution < 1.29 is 4.79 Å². The Morgan fingerprint density at radius 1 is 1.28 bits per heavy atom. The number of benzene rings is 1. The molecule has 1 fully saturated rings. The first-order chi connectivity index (χ1) is 11.9. The first-order valence-electron chi connectivity index (χ1n) is 9.24. The lowest BCUT2D eigenvalue weighted by atomic mass is 9.92. The minimum absolute atomic E-state index is 0.107. The summed E-state index contributed by atoms with van der Waals surface area (Å²) in [6.07, 6.45) is 5.96. The molecule has 1 aliphatic rings. The summed E-state index contributed by atoms with van der Waals surface area (Å²) in [7, 11) is 2.12. The quantitative estimate of drug-likeness (QED) is 0.922. The number of amides is 1. The minimum Gasteiger partial charge on any atom is -0.346 e. The topological polar surface area (TPSA) is 45.2 Å². The Labute approximate surface area is 150 Å². The highest BCUT2D eigenvalue weighted by atomic mass is 16.1. The second-order valence-corrected chi connectivity index (χ2v) is 7.84. The average Bonchev–Trinajstić information content (AvgIpc) is 2.56. The van der Waals surface area contributed by atoms with Crippen molar-refractivity contribution in [1.29, 1.82) is 0 Å². The number of likely N-dealkylation sites (tertiary alicyclic amines) is 1. The van der Waals surface area contributed by atoms with Gasteiger partial charge in [-0.3, -0.25) is 9.78 Å². The van der Waals surface area contributed by atoms with E-state index in [4.69, 9.17) is 0 Å². The number of nitrogens with zero attached hydrogens (tertiary/aromatic N) is 2. The van der Waals surface area contributed by atoms with Gasteiger partial charge in [-0.2, -0.15) is 0 Å². The van der Waals surface area contributed by atoms with Gasteiger partial charge in [0.1, 0.15) is 0 Å². The predicted molar refractivity (Wildman–Crippen MR) is 103 cm³/mol. The summed E-state index contributed by atoms with van der Waals surface area (Å²) in [4.78, 5) is 19.6. The molecule has 1 unspecified atom stereocenters. The molecule has 1 N–H and O–H groups in total. The third-order valence-electron chi connectivity index (χ3n) is 5.41. The van der Waals surface area contributed by atoms with Crippen LogP contribution in [-0.2, 0) is 10.3 Å². The molecule has 1 amide bonds. The number of rotatable bonds is 4. The van der Waals surface area contributed by atoms with Crippen LogP contribution in [0.3, 0.4) is 0 Å². The molecule has 134 valence electrons. The Kier molecular flexibility index (Phi) is 5.09. The molecule has 0 saturated carbocycles. The summed E-state index contributed by atoms with van der Waals surface area (Å²) in [5.41, 5.74) is 1.66. The van der Waals surface area contributed by atoms with E-state index < -0.39 is 5.54 Å². The standard InChI is InChI=1S/C21H29N3O/c1-15-8-7-10-18-17(15)11-12-22-20(18)21(2,3)23-19(25)14-16-9-5-6-13-24(16)4/h7-8,10-12,16H,5-6,9,13-14H2,1-4H3,(H,23,25). The van der Waals surface area contributed by atoms with Gasteiger partial charge in [-0.05, 0) is 64.2 Å². The molecule has 1 aromatic carbocycles. The van der Waals surface area contributed by atoms with Gasteiger partial charge in [0.2, 0.25) is 5.91 Å². The molecule has 0 aliphatic carbocycles. The fourth-order valence-electron chi connectivity index (χ4n) is 3.94. The normalized spacial score (nSPS) is 19.1. The van der Waals surface area contributed by atoms with E-state index in [1.165, 1.54) is 23.8 Å². The number of carbonyl (C=O) groups excluding carboxylic acids is 1. The van der Waals surface area contributed by atoms with Crippen molar-refractivity contribution in [3.05, 3.63) is 41.7 Å². The predicted octanol–water partition coefficient (Wildman–Crippen LogP) is 3.77. The fourth-order valence-corrected chi connectivity index (χ4v) is 3.94. The Hall–Kier alpha value is -1.94. The highest BCUT2D eigenvalue weighted by Crippen LogP contribution is 2.28. The van der Waals surface area contributed by atoms with Crippen molar-refractivity contribution in [2.45, 2.75) is 58.0 Å². The van der Waals surface area contributed by atoms with Crippen LogP contribution >= 0.6 is 0 Å². The van der Waals surface area contributed by atoms with Crippen molar-refractivity contribution in [3.63, 3.8) is 0 Å². The van der Waals surface area contributed by atoms with Crippen LogP contribution < -0.4 is 5.32 Å². The Balaban J connectivity index is 1.80. The van der Waals surface area contributed by atoms with Crippen LogP contribution in [0, 0.1) is 6.92 Å². The van der Waals surface area contributed by atoms with Crippen LogP contribution in [0.25, 0.3) is 10.8 Å². The van der Waals surface area contributed by atoms with Crippen molar-refractivity contribution in [1.82, 2.24) is 15.2 Å². The zero-order chi connectivity index (χ0) is 18.0. The minimum atomic E-state index is -0.502. The molecular formula is C21H29N3O. The van der Waals surface area contributed by atoms with Gasteiger partial charge in [-0.1, -0.05) is 24.6 Å². The number of pyridine rings is 1. The molecule has 4 heteroatoms. The van der Waals surface area contributed by atoms with E-state index in [2.05, 4.69) is 47.4 Å². The lowest BCUT2D eigenvalue weighted by Gasteiger charge is -2.33. The van der Waals surface area contributed by atoms with Gasteiger partial charge >= 0.3 is 0 Å². The van der Waals surface area contributed by atoms with Crippen LogP contribution in [0.5, 0.6) is 0 Å². The zero-order valence-electron chi connectivity index (χ0n) is 15.8. The number of piperidine rings is 1. The highest BCUT2D eigenvalue weighted by Gasteiger charge is 2.29. The number of aryl methyl sites for hydroxylation is 1. The van der Waals surface area contributed by atoms with Gasteiger partial charge in [-0.25, -0.2) is 0 Å². The maximum absolute atomic E-state index is 12.7. The second-order valence-electron chi connectivity index (χ2n) is 7.84. The monoisotopic (exact) mass is 339 g/mol. The maximum Gasteiger partial charge on any atom is 0.222 e. The van der Waals surface area contributed by atoms with E-state index in [0.717, 1.165) is 24.0 Å². The van der Waals surface area contributed by atoms with Gasteiger partial charge in [-0.15, -0.1) is 0 Å². The molecule has 0 bridgehead atoms. The van der Waals surface area contributed by atoms with Crippen LogP contribution in [0.1, 0.15) is 50.8 Å². The summed E-state index contributed by atoms with van der Waals surface area (Å²) in [6.45, 7) is 7.28. The van der Waals surface area contributed by atoms with Gasteiger partial charge in [0.25, 0.3) is 0 Å². The second kappa shape index (κ2) is 7.12. The molecule has 4 nitrogen and oxygen atoms in total. The number of carbonyl (C=O) groups is 1. The number of hydrogen-bond acceptors (Lipinski definition) is 3. The molecule has 1 aliphatic heterocycles. The van der Waals surface area contributed by atoms with E-state index >= 15 is 0 Å². The smallest absolute Gasteiger partial charge is 0.222 e. The molecule has 1 saturated heterocycles.